The van der Waals surface area contributed by atoms with E-state index >= 15 is 0 Å². The number of hydrogen-bond donors (Lipinski definition) is 0. The van der Waals surface area contributed by atoms with Gasteiger partial charge < -0.3 is 0 Å². The fraction of sp³-hybridized carbons (Fsp3) is 0.0769. The van der Waals surface area contributed by atoms with Crippen LogP contribution in [0.15, 0.2) is 57.9 Å². The third kappa shape index (κ3) is 3.35. The molecule has 0 aliphatic rings. The van der Waals surface area contributed by atoms with Crippen LogP contribution < -0.4 is 0 Å². The summed E-state index contributed by atoms with van der Waals surface area (Å²) in [5.74, 6) is 0.674. The number of rotatable bonds is 3. The fourth-order valence-corrected chi connectivity index (χ4v) is 2.77. The Labute approximate surface area is 107 Å². The molecule has 16 heavy (non-hydrogen) atoms. The van der Waals surface area contributed by atoms with Gasteiger partial charge >= 0.3 is 0 Å². The molecule has 0 N–H and O–H groups in total. The summed E-state index contributed by atoms with van der Waals surface area (Å²) in [6, 6.07) is 14.8. The molecule has 2 aromatic rings. The van der Waals surface area contributed by atoms with E-state index < -0.39 is 0 Å². The third-order valence-corrected chi connectivity index (χ3v) is 3.67. The van der Waals surface area contributed by atoms with Crippen molar-refractivity contribution in [2.24, 2.45) is 0 Å². The lowest BCUT2D eigenvalue weighted by Crippen LogP contribution is -1.81. The summed E-state index contributed by atoms with van der Waals surface area (Å²) in [6.45, 7) is 0. The fourth-order valence-electron chi connectivity index (χ4n) is 1.30. The first-order valence-electron chi connectivity index (χ1n) is 4.87. The number of hydrogen-bond acceptors (Lipinski definition) is 1. The van der Waals surface area contributed by atoms with E-state index in [1.54, 1.807) is 11.8 Å². The second kappa shape index (κ2) is 5.51. The molecule has 0 saturated heterocycles. The molecule has 0 heterocycles. The van der Waals surface area contributed by atoms with E-state index in [0.717, 1.165) is 15.8 Å². The van der Waals surface area contributed by atoms with Gasteiger partial charge in [0.2, 0.25) is 0 Å². The van der Waals surface area contributed by atoms with Crippen molar-refractivity contribution in [3.05, 3.63) is 64.4 Å². The Balaban J connectivity index is 1.99. The topological polar surface area (TPSA) is 0 Å². The van der Waals surface area contributed by atoms with E-state index in [-0.39, 0.29) is 5.82 Å². The minimum Gasteiger partial charge on any atom is -0.207 e. The average molecular weight is 297 g/mol. The Morgan fingerprint density at radius 3 is 2.50 bits per heavy atom. The maximum absolute atomic E-state index is 12.7. The van der Waals surface area contributed by atoms with E-state index in [0.29, 0.717) is 0 Å². The minimum atomic E-state index is -0.184. The summed E-state index contributed by atoms with van der Waals surface area (Å²) in [5.41, 5.74) is 1.13. The molecule has 3 heteroatoms. The van der Waals surface area contributed by atoms with E-state index in [1.165, 1.54) is 17.0 Å². The monoisotopic (exact) mass is 296 g/mol. The Morgan fingerprint density at radius 2 is 1.81 bits per heavy atom. The van der Waals surface area contributed by atoms with Gasteiger partial charge in [-0.1, -0.05) is 34.1 Å². The van der Waals surface area contributed by atoms with Crippen molar-refractivity contribution in [2.75, 3.05) is 0 Å². The van der Waals surface area contributed by atoms with Gasteiger partial charge in [0.15, 0.2) is 0 Å². The summed E-state index contributed by atoms with van der Waals surface area (Å²) in [5, 5.41) is 0. The third-order valence-electron chi connectivity index (χ3n) is 2.11. The number of halogens is 2. The van der Waals surface area contributed by atoms with Crippen LogP contribution in [-0.2, 0) is 5.75 Å². The maximum atomic E-state index is 12.7. The van der Waals surface area contributed by atoms with E-state index in [9.17, 15) is 4.39 Å². The molecule has 2 rings (SSSR count). The van der Waals surface area contributed by atoms with Gasteiger partial charge in [0.1, 0.15) is 5.82 Å². The summed E-state index contributed by atoms with van der Waals surface area (Å²) in [7, 11) is 0. The molecule has 0 spiro atoms. The van der Waals surface area contributed by atoms with Gasteiger partial charge in [0.05, 0.1) is 0 Å². The lowest BCUT2D eigenvalue weighted by Gasteiger charge is -2.02. The van der Waals surface area contributed by atoms with Crippen LogP contribution >= 0.6 is 27.7 Å². The van der Waals surface area contributed by atoms with Crippen LogP contribution in [-0.4, -0.2) is 0 Å². The highest BCUT2D eigenvalue weighted by atomic mass is 79.9. The molecule has 0 unspecified atom stereocenters. The molecule has 0 saturated carbocycles. The molecule has 82 valence electrons. The van der Waals surface area contributed by atoms with Gasteiger partial charge in [0.25, 0.3) is 0 Å². The highest BCUT2D eigenvalue weighted by Crippen LogP contribution is 2.25. The average Bonchev–Trinajstić information content (AvgIpc) is 2.28. The molecule has 2 aromatic carbocycles. The Bertz CT molecular complexity index is 468. The number of thioether (sulfide) groups is 1. The first-order chi connectivity index (χ1) is 7.74. The van der Waals surface area contributed by atoms with Crippen molar-refractivity contribution in [1.82, 2.24) is 0 Å². The highest BCUT2D eigenvalue weighted by molar-refractivity contribution is 9.10. The van der Waals surface area contributed by atoms with Crippen molar-refractivity contribution in [2.45, 2.75) is 10.6 Å². The zero-order valence-corrected chi connectivity index (χ0v) is 10.9. The molecule has 0 aliphatic carbocycles. The summed E-state index contributed by atoms with van der Waals surface area (Å²) >= 11 is 5.18. The first kappa shape index (κ1) is 11.7. The van der Waals surface area contributed by atoms with E-state index in [2.05, 4.69) is 28.1 Å². The van der Waals surface area contributed by atoms with Gasteiger partial charge in [0, 0.05) is 15.1 Å². The Kier molecular flexibility index (Phi) is 4.02. The standard InChI is InChI=1S/C13H10BrFS/c14-11-2-1-3-13(8-11)16-9-10-4-6-12(15)7-5-10/h1-8H,9H2. The smallest absolute Gasteiger partial charge is 0.123 e. The van der Waals surface area contributed by atoms with Gasteiger partial charge in [-0.25, -0.2) is 4.39 Å². The minimum absolute atomic E-state index is 0.184. The molecule has 0 aliphatic heterocycles. The quantitative estimate of drug-likeness (QED) is 0.728. The van der Waals surface area contributed by atoms with Gasteiger partial charge in [-0.2, -0.15) is 0 Å². The van der Waals surface area contributed by atoms with Crippen molar-refractivity contribution in [1.29, 1.82) is 0 Å². The molecule has 0 aromatic heterocycles. The van der Waals surface area contributed by atoms with Gasteiger partial charge in [-0.15, -0.1) is 11.8 Å². The number of benzene rings is 2. The summed E-state index contributed by atoms with van der Waals surface area (Å²) < 4.78 is 13.8. The summed E-state index contributed by atoms with van der Waals surface area (Å²) in [6.07, 6.45) is 0. The first-order valence-corrected chi connectivity index (χ1v) is 6.65. The van der Waals surface area contributed by atoms with Crippen molar-refractivity contribution >= 4 is 27.7 Å². The lowest BCUT2D eigenvalue weighted by molar-refractivity contribution is 0.627. The van der Waals surface area contributed by atoms with Crippen molar-refractivity contribution in [3.63, 3.8) is 0 Å². The van der Waals surface area contributed by atoms with Gasteiger partial charge in [-0.05, 0) is 35.9 Å². The van der Waals surface area contributed by atoms with Crippen LogP contribution in [0.25, 0.3) is 0 Å². The van der Waals surface area contributed by atoms with Gasteiger partial charge in [-0.3, -0.25) is 0 Å². The largest absolute Gasteiger partial charge is 0.207 e. The Hall–Kier alpha value is -0.800. The zero-order valence-electron chi connectivity index (χ0n) is 8.49. The second-order valence-corrected chi connectivity index (χ2v) is 5.34. The predicted octanol–water partition coefficient (Wildman–Crippen LogP) is 4.88. The van der Waals surface area contributed by atoms with Crippen molar-refractivity contribution < 1.29 is 4.39 Å². The summed E-state index contributed by atoms with van der Waals surface area (Å²) in [4.78, 5) is 1.21. The second-order valence-electron chi connectivity index (χ2n) is 3.37. The molecular weight excluding hydrogens is 287 g/mol. The predicted molar refractivity (Wildman–Crippen MR) is 70.1 cm³/mol. The SMILES string of the molecule is Fc1ccc(CSc2cccc(Br)c2)cc1. The molecule has 0 atom stereocenters. The molecule has 0 fully saturated rings. The zero-order chi connectivity index (χ0) is 11.4. The van der Waals surface area contributed by atoms with Crippen molar-refractivity contribution in [3.8, 4) is 0 Å². The molecule has 0 radical (unpaired) electrons. The molecule has 0 amide bonds. The van der Waals surface area contributed by atoms with Crippen LogP contribution in [0.3, 0.4) is 0 Å². The normalized spacial score (nSPS) is 10.4. The van der Waals surface area contributed by atoms with Crippen LogP contribution in [0.5, 0.6) is 0 Å². The van der Waals surface area contributed by atoms with E-state index in [1.807, 2.05) is 24.3 Å². The Morgan fingerprint density at radius 1 is 1.06 bits per heavy atom. The lowest BCUT2D eigenvalue weighted by atomic mass is 10.2. The molecular formula is C13H10BrFS. The van der Waals surface area contributed by atoms with Crippen LogP contribution in [0, 0.1) is 5.82 Å². The van der Waals surface area contributed by atoms with Crippen LogP contribution in [0.2, 0.25) is 0 Å². The van der Waals surface area contributed by atoms with Crippen LogP contribution in [0.1, 0.15) is 5.56 Å². The molecule has 0 nitrogen and oxygen atoms in total. The maximum Gasteiger partial charge on any atom is 0.123 e. The van der Waals surface area contributed by atoms with E-state index in [4.69, 9.17) is 0 Å². The highest BCUT2D eigenvalue weighted by Gasteiger charge is 1.97. The molecule has 0 bridgehead atoms. The van der Waals surface area contributed by atoms with Crippen LogP contribution in [0.4, 0.5) is 4.39 Å².